The summed E-state index contributed by atoms with van der Waals surface area (Å²) in [6, 6.07) is 0.848. The van der Waals surface area contributed by atoms with Gasteiger partial charge in [0.25, 0.3) is 0 Å². The zero-order valence-electron chi connectivity index (χ0n) is 10.6. The Balaban J connectivity index is 0.00000128. The molecule has 0 saturated carbocycles. The van der Waals surface area contributed by atoms with Crippen LogP contribution in [-0.4, -0.2) is 37.1 Å². The Morgan fingerprint density at radius 2 is 1.88 bits per heavy atom. The first-order valence-corrected chi connectivity index (χ1v) is 6.81. The molecule has 2 heterocycles. The number of rotatable bonds is 3. The van der Waals surface area contributed by atoms with Crippen LogP contribution in [0.15, 0.2) is 0 Å². The fourth-order valence-electron chi connectivity index (χ4n) is 3.01. The number of halogens is 1. The summed E-state index contributed by atoms with van der Waals surface area (Å²) in [6.07, 6.45) is 8.55. The second-order valence-corrected chi connectivity index (χ2v) is 5.36. The lowest BCUT2D eigenvalue weighted by Gasteiger charge is -2.34. The summed E-state index contributed by atoms with van der Waals surface area (Å²) in [6.45, 7) is 7.61. The molecule has 1 unspecified atom stereocenters. The van der Waals surface area contributed by atoms with E-state index in [9.17, 15) is 0 Å². The first-order chi connectivity index (χ1) is 7.36. The highest BCUT2D eigenvalue weighted by Gasteiger charge is 2.20. The van der Waals surface area contributed by atoms with Gasteiger partial charge in [0.15, 0.2) is 0 Å². The maximum Gasteiger partial charge on any atom is 0.00669 e. The Bertz CT molecular complexity index is 181. The van der Waals surface area contributed by atoms with Gasteiger partial charge in [0.2, 0.25) is 0 Å². The molecule has 2 aliphatic heterocycles. The predicted molar refractivity (Wildman–Crippen MR) is 72.3 cm³/mol. The van der Waals surface area contributed by atoms with Gasteiger partial charge in [0, 0.05) is 6.04 Å². The van der Waals surface area contributed by atoms with E-state index in [-0.39, 0.29) is 12.4 Å². The summed E-state index contributed by atoms with van der Waals surface area (Å²) in [4.78, 5) is 2.71. The molecule has 1 N–H and O–H groups in total. The third-order valence-electron chi connectivity index (χ3n) is 4.22. The largest absolute Gasteiger partial charge is 0.317 e. The lowest BCUT2D eigenvalue weighted by molar-refractivity contribution is 0.146. The number of piperidine rings is 2. The number of hydrogen-bond donors (Lipinski definition) is 1. The molecule has 0 aliphatic carbocycles. The van der Waals surface area contributed by atoms with Crippen molar-refractivity contribution in [2.75, 3.05) is 26.2 Å². The average Bonchev–Trinajstić information content (AvgIpc) is 2.29. The summed E-state index contributed by atoms with van der Waals surface area (Å²) < 4.78 is 0. The quantitative estimate of drug-likeness (QED) is 0.824. The lowest BCUT2D eigenvalue weighted by Crippen LogP contribution is -2.39. The van der Waals surface area contributed by atoms with E-state index in [4.69, 9.17) is 0 Å². The van der Waals surface area contributed by atoms with Gasteiger partial charge in [-0.2, -0.15) is 0 Å². The van der Waals surface area contributed by atoms with Gasteiger partial charge < -0.3 is 10.2 Å². The predicted octanol–water partition coefficient (Wildman–Crippen LogP) is 2.67. The van der Waals surface area contributed by atoms with E-state index >= 15 is 0 Å². The summed E-state index contributed by atoms with van der Waals surface area (Å²) >= 11 is 0. The molecule has 16 heavy (non-hydrogen) atoms. The zero-order chi connectivity index (χ0) is 10.5. The third-order valence-corrected chi connectivity index (χ3v) is 4.22. The van der Waals surface area contributed by atoms with Gasteiger partial charge in [-0.15, -0.1) is 12.4 Å². The first-order valence-electron chi connectivity index (χ1n) is 6.81. The van der Waals surface area contributed by atoms with Gasteiger partial charge in [-0.3, -0.25) is 0 Å². The second kappa shape index (κ2) is 7.52. The van der Waals surface area contributed by atoms with Crippen LogP contribution in [0.5, 0.6) is 0 Å². The Kier molecular flexibility index (Phi) is 6.71. The van der Waals surface area contributed by atoms with E-state index in [1.54, 1.807) is 0 Å². The average molecular weight is 247 g/mol. The van der Waals surface area contributed by atoms with E-state index in [2.05, 4.69) is 17.1 Å². The van der Waals surface area contributed by atoms with E-state index in [1.165, 1.54) is 64.7 Å². The summed E-state index contributed by atoms with van der Waals surface area (Å²) in [7, 11) is 0. The molecule has 1 atom stereocenters. The maximum absolute atomic E-state index is 3.45. The summed E-state index contributed by atoms with van der Waals surface area (Å²) in [5.74, 6) is 1.00. The van der Waals surface area contributed by atoms with Crippen molar-refractivity contribution in [2.45, 2.75) is 51.5 Å². The topological polar surface area (TPSA) is 15.3 Å². The monoisotopic (exact) mass is 246 g/mol. The van der Waals surface area contributed by atoms with Gasteiger partial charge in [-0.25, -0.2) is 0 Å². The van der Waals surface area contributed by atoms with Crippen LogP contribution in [-0.2, 0) is 0 Å². The summed E-state index contributed by atoms with van der Waals surface area (Å²) in [5.41, 5.74) is 0. The van der Waals surface area contributed by atoms with Crippen LogP contribution in [0.4, 0.5) is 0 Å². The molecule has 2 rings (SSSR count). The Morgan fingerprint density at radius 1 is 1.12 bits per heavy atom. The van der Waals surface area contributed by atoms with Crippen LogP contribution < -0.4 is 5.32 Å². The Morgan fingerprint density at radius 3 is 2.56 bits per heavy atom. The fraction of sp³-hybridized carbons (Fsp3) is 1.00. The van der Waals surface area contributed by atoms with Crippen LogP contribution in [0.3, 0.4) is 0 Å². The number of likely N-dealkylation sites (tertiary alicyclic amines) is 1. The molecule has 0 aromatic rings. The molecule has 2 aliphatic rings. The van der Waals surface area contributed by atoms with Crippen LogP contribution >= 0.6 is 12.4 Å². The number of nitrogens with zero attached hydrogens (tertiary/aromatic N) is 1. The van der Waals surface area contributed by atoms with Crippen molar-refractivity contribution in [2.24, 2.45) is 5.92 Å². The molecule has 2 saturated heterocycles. The zero-order valence-corrected chi connectivity index (χ0v) is 11.4. The Hall–Kier alpha value is 0.210. The molecule has 0 amide bonds. The minimum absolute atomic E-state index is 0. The van der Waals surface area contributed by atoms with Gasteiger partial charge in [0.05, 0.1) is 0 Å². The molecular weight excluding hydrogens is 220 g/mol. The van der Waals surface area contributed by atoms with E-state index < -0.39 is 0 Å². The Labute approximate surface area is 107 Å². The molecule has 0 bridgehead atoms. The smallest absolute Gasteiger partial charge is 0.00669 e. The molecule has 0 spiro atoms. The van der Waals surface area contributed by atoms with Crippen molar-refractivity contribution in [3.05, 3.63) is 0 Å². The molecule has 2 nitrogen and oxygen atoms in total. The number of hydrogen-bond acceptors (Lipinski definition) is 2. The van der Waals surface area contributed by atoms with Crippen LogP contribution in [0, 0.1) is 5.92 Å². The van der Waals surface area contributed by atoms with E-state index in [0.29, 0.717) is 0 Å². The molecule has 2 fully saturated rings. The van der Waals surface area contributed by atoms with Gasteiger partial charge in [0.1, 0.15) is 0 Å². The van der Waals surface area contributed by atoms with Gasteiger partial charge in [-0.1, -0.05) is 6.42 Å². The van der Waals surface area contributed by atoms with Crippen LogP contribution in [0.1, 0.15) is 45.4 Å². The fourth-order valence-corrected chi connectivity index (χ4v) is 3.01. The minimum Gasteiger partial charge on any atom is -0.317 e. The van der Waals surface area contributed by atoms with Gasteiger partial charge >= 0.3 is 0 Å². The van der Waals surface area contributed by atoms with Gasteiger partial charge in [-0.05, 0) is 71.1 Å². The highest BCUT2D eigenvalue weighted by molar-refractivity contribution is 5.85. The molecule has 0 radical (unpaired) electrons. The van der Waals surface area contributed by atoms with Crippen LogP contribution in [0.2, 0.25) is 0 Å². The molecule has 3 heteroatoms. The van der Waals surface area contributed by atoms with E-state index in [1.807, 2.05) is 0 Å². The van der Waals surface area contributed by atoms with Crippen molar-refractivity contribution in [1.82, 2.24) is 10.2 Å². The standard InChI is InChI=1S/C13H26N2.ClH/c1-12-4-2-3-10-15(12)11-7-13-5-8-14-9-6-13;/h12-14H,2-11H2,1H3;1H. The second-order valence-electron chi connectivity index (χ2n) is 5.36. The lowest BCUT2D eigenvalue weighted by atomic mass is 9.93. The van der Waals surface area contributed by atoms with Crippen molar-refractivity contribution in [3.8, 4) is 0 Å². The molecule has 0 aromatic carbocycles. The third kappa shape index (κ3) is 4.23. The molecule has 0 aromatic heterocycles. The van der Waals surface area contributed by atoms with Crippen molar-refractivity contribution < 1.29 is 0 Å². The molecular formula is C13H27ClN2. The van der Waals surface area contributed by atoms with Crippen molar-refractivity contribution >= 4 is 12.4 Å². The highest BCUT2D eigenvalue weighted by atomic mass is 35.5. The maximum atomic E-state index is 3.45. The van der Waals surface area contributed by atoms with E-state index in [0.717, 1.165) is 12.0 Å². The van der Waals surface area contributed by atoms with Crippen molar-refractivity contribution in [1.29, 1.82) is 0 Å². The number of nitrogens with one attached hydrogen (secondary N) is 1. The van der Waals surface area contributed by atoms with Crippen LogP contribution in [0.25, 0.3) is 0 Å². The minimum atomic E-state index is 0. The summed E-state index contributed by atoms with van der Waals surface area (Å²) in [5, 5.41) is 3.45. The first kappa shape index (κ1) is 14.3. The highest BCUT2D eigenvalue weighted by Crippen LogP contribution is 2.20. The SMILES string of the molecule is CC1CCCCN1CCC1CCNCC1.Cl. The molecule has 96 valence electrons. The normalized spacial score (nSPS) is 28.7. The van der Waals surface area contributed by atoms with Crippen molar-refractivity contribution in [3.63, 3.8) is 0 Å².